The highest BCUT2D eigenvalue weighted by Crippen LogP contribution is 2.26. The predicted octanol–water partition coefficient (Wildman–Crippen LogP) is 1.95. The maximum atomic E-state index is 12.2. The molecule has 94 valence electrons. The smallest absolute Gasteiger partial charge is 0.223 e. The van der Waals surface area contributed by atoms with Gasteiger partial charge in [-0.15, -0.1) is 11.3 Å². The van der Waals surface area contributed by atoms with Crippen molar-refractivity contribution in [1.29, 1.82) is 0 Å². The lowest BCUT2D eigenvalue weighted by atomic mass is 9.87. The van der Waals surface area contributed by atoms with Gasteiger partial charge in [0.2, 0.25) is 5.91 Å². The zero-order valence-electron chi connectivity index (χ0n) is 10.6. The van der Waals surface area contributed by atoms with Crippen LogP contribution in [0.1, 0.15) is 25.6 Å². The molecule has 1 unspecified atom stereocenters. The third-order valence-corrected chi connectivity index (χ3v) is 4.70. The van der Waals surface area contributed by atoms with E-state index in [2.05, 4.69) is 30.5 Å². The van der Waals surface area contributed by atoms with Crippen LogP contribution in [0.25, 0.3) is 0 Å². The Morgan fingerprint density at radius 3 is 2.76 bits per heavy atom. The van der Waals surface area contributed by atoms with Crippen LogP contribution in [0.15, 0.2) is 17.5 Å². The van der Waals surface area contributed by atoms with Crippen LogP contribution in [0, 0.1) is 11.8 Å². The molecule has 1 aliphatic heterocycles. The second kappa shape index (κ2) is 4.78. The molecule has 0 aliphatic carbocycles. The highest BCUT2D eigenvalue weighted by atomic mass is 32.1. The fraction of sp³-hybridized carbons (Fsp3) is 0.615. The minimum Gasteiger partial charge on any atom is -0.346 e. The summed E-state index contributed by atoms with van der Waals surface area (Å²) in [5.74, 6) is 0.750. The van der Waals surface area contributed by atoms with Gasteiger partial charge in [-0.1, -0.05) is 13.0 Å². The van der Waals surface area contributed by atoms with E-state index in [0.29, 0.717) is 5.92 Å². The van der Waals surface area contributed by atoms with E-state index in [0.717, 1.165) is 13.1 Å². The van der Waals surface area contributed by atoms with Crippen molar-refractivity contribution in [3.05, 3.63) is 22.4 Å². The van der Waals surface area contributed by atoms with Crippen LogP contribution in [0.2, 0.25) is 0 Å². The first-order valence-electron chi connectivity index (χ1n) is 6.07. The van der Waals surface area contributed by atoms with E-state index in [4.69, 9.17) is 0 Å². The molecule has 0 radical (unpaired) electrons. The molecule has 2 rings (SSSR count). The van der Waals surface area contributed by atoms with E-state index < -0.39 is 0 Å². The summed E-state index contributed by atoms with van der Waals surface area (Å²) in [4.78, 5) is 13.4. The van der Waals surface area contributed by atoms with Gasteiger partial charge in [0.25, 0.3) is 0 Å². The first-order valence-corrected chi connectivity index (χ1v) is 6.95. The SMILES string of the molecule is CC(C(=O)NC(C)(C)c1cccs1)C1CNC1. The monoisotopic (exact) mass is 252 g/mol. The fourth-order valence-electron chi connectivity index (χ4n) is 2.00. The van der Waals surface area contributed by atoms with Crippen molar-refractivity contribution in [3.63, 3.8) is 0 Å². The Morgan fingerprint density at radius 1 is 1.59 bits per heavy atom. The molecule has 0 aromatic carbocycles. The van der Waals surface area contributed by atoms with Crippen LogP contribution in [0.4, 0.5) is 0 Å². The van der Waals surface area contributed by atoms with Crippen molar-refractivity contribution < 1.29 is 4.79 Å². The Hall–Kier alpha value is -0.870. The lowest BCUT2D eigenvalue weighted by Crippen LogP contribution is -2.52. The standard InChI is InChI=1S/C13H20N2OS/c1-9(10-7-14-8-10)12(16)15-13(2,3)11-5-4-6-17-11/h4-6,9-10,14H,7-8H2,1-3H3,(H,15,16). The van der Waals surface area contributed by atoms with Crippen molar-refractivity contribution in [3.8, 4) is 0 Å². The minimum atomic E-state index is -0.267. The normalized spacial score (nSPS) is 18.5. The Labute approximate surface area is 107 Å². The zero-order chi connectivity index (χ0) is 12.5. The molecule has 1 saturated heterocycles. The quantitative estimate of drug-likeness (QED) is 0.860. The molecule has 1 aromatic heterocycles. The summed E-state index contributed by atoms with van der Waals surface area (Å²) >= 11 is 1.68. The van der Waals surface area contributed by atoms with Gasteiger partial charge in [0.05, 0.1) is 5.54 Å². The molecule has 0 bridgehead atoms. The summed E-state index contributed by atoms with van der Waals surface area (Å²) in [5, 5.41) is 8.40. The van der Waals surface area contributed by atoms with Crippen LogP contribution in [0.3, 0.4) is 0 Å². The topological polar surface area (TPSA) is 41.1 Å². The maximum absolute atomic E-state index is 12.2. The summed E-state index contributed by atoms with van der Waals surface area (Å²) in [6.45, 7) is 8.07. The first-order chi connectivity index (χ1) is 8.00. The van der Waals surface area contributed by atoms with Crippen molar-refractivity contribution in [1.82, 2.24) is 10.6 Å². The van der Waals surface area contributed by atoms with Crippen LogP contribution in [-0.2, 0) is 10.3 Å². The molecule has 4 heteroatoms. The van der Waals surface area contributed by atoms with Crippen molar-refractivity contribution in [2.75, 3.05) is 13.1 Å². The van der Waals surface area contributed by atoms with Crippen LogP contribution < -0.4 is 10.6 Å². The van der Waals surface area contributed by atoms with E-state index in [1.807, 2.05) is 18.4 Å². The number of amides is 1. The summed E-state index contributed by atoms with van der Waals surface area (Å²) < 4.78 is 0. The fourth-order valence-corrected chi connectivity index (χ4v) is 2.80. The van der Waals surface area contributed by atoms with Crippen molar-refractivity contribution in [2.45, 2.75) is 26.3 Å². The molecule has 1 aliphatic rings. The summed E-state index contributed by atoms with van der Waals surface area (Å²) in [6, 6.07) is 4.09. The van der Waals surface area contributed by atoms with Gasteiger partial charge in [-0.3, -0.25) is 4.79 Å². The Kier molecular flexibility index (Phi) is 3.54. The molecule has 1 aromatic rings. The maximum Gasteiger partial charge on any atom is 0.223 e. The minimum absolute atomic E-state index is 0.0930. The van der Waals surface area contributed by atoms with Gasteiger partial charge in [-0.25, -0.2) is 0 Å². The number of carbonyl (C=O) groups excluding carboxylic acids is 1. The largest absolute Gasteiger partial charge is 0.346 e. The second-order valence-electron chi connectivity index (χ2n) is 5.30. The lowest BCUT2D eigenvalue weighted by molar-refractivity contribution is -0.128. The van der Waals surface area contributed by atoms with Crippen LogP contribution >= 0.6 is 11.3 Å². The van der Waals surface area contributed by atoms with Gasteiger partial charge in [-0.2, -0.15) is 0 Å². The second-order valence-corrected chi connectivity index (χ2v) is 6.25. The summed E-state index contributed by atoms with van der Waals surface area (Å²) in [7, 11) is 0. The van der Waals surface area contributed by atoms with E-state index in [1.54, 1.807) is 11.3 Å². The molecule has 3 nitrogen and oxygen atoms in total. The van der Waals surface area contributed by atoms with Gasteiger partial charge in [0, 0.05) is 10.8 Å². The number of thiophene rings is 1. The highest BCUT2D eigenvalue weighted by molar-refractivity contribution is 7.10. The van der Waals surface area contributed by atoms with E-state index in [9.17, 15) is 4.79 Å². The van der Waals surface area contributed by atoms with Crippen LogP contribution in [-0.4, -0.2) is 19.0 Å². The molecule has 1 fully saturated rings. The van der Waals surface area contributed by atoms with E-state index in [1.165, 1.54) is 4.88 Å². The van der Waals surface area contributed by atoms with E-state index >= 15 is 0 Å². The van der Waals surface area contributed by atoms with Gasteiger partial charge in [0.1, 0.15) is 0 Å². The summed E-state index contributed by atoms with van der Waals surface area (Å²) in [6.07, 6.45) is 0. The molecule has 1 amide bonds. The van der Waals surface area contributed by atoms with Gasteiger partial charge < -0.3 is 10.6 Å². The van der Waals surface area contributed by atoms with E-state index in [-0.39, 0.29) is 17.4 Å². The average molecular weight is 252 g/mol. The summed E-state index contributed by atoms with van der Waals surface area (Å²) in [5.41, 5.74) is -0.267. The highest BCUT2D eigenvalue weighted by Gasteiger charge is 2.32. The lowest BCUT2D eigenvalue weighted by Gasteiger charge is -2.34. The van der Waals surface area contributed by atoms with Crippen LogP contribution in [0.5, 0.6) is 0 Å². The molecular formula is C13H20N2OS. The van der Waals surface area contributed by atoms with Crippen molar-refractivity contribution >= 4 is 17.2 Å². The molecule has 2 N–H and O–H groups in total. The Balaban J connectivity index is 1.97. The number of hydrogen-bond acceptors (Lipinski definition) is 3. The molecule has 2 heterocycles. The molecule has 0 saturated carbocycles. The number of hydrogen-bond donors (Lipinski definition) is 2. The Bertz CT molecular complexity index is 382. The van der Waals surface area contributed by atoms with Crippen molar-refractivity contribution in [2.24, 2.45) is 11.8 Å². The predicted molar refractivity (Wildman–Crippen MR) is 71.0 cm³/mol. The number of rotatable bonds is 4. The van der Waals surface area contributed by atoms with Gasteiger partial charge in [-0.05, 0) is 44.3 Å². The van der Waals surface area contributed by atoms with Gasteiger partial charge in [0.15, 0.2) is 0 Å². The molecular weight excluding hydrogens is 232 g/mol. The number of carbonyl (C=O) groups is 1. The Morgan fingerprint density at radius 2 is 2.29 bits per heavy atom. The molecule has 17 heavy (non-hydrogen) atoms. The third kappa shape index (κ3) is 2.69. The average Bonchev–Trinajstić information content (AvgIpc) is 2.66. The third-order valence-electron chi connectivity index (χ3n) is 3.51. The first kappa shape index (κ1) is 12.6. The molecule has 0 spiro atoms. The van der Waals surface area contributed by atoms with Gasteiger partial charge >= 0.3 is 0 Å². The number of nitrogens with one attached hydrogen (secondary N) is 2. The molecule has 1 atom stereocenters. The zero-order valence-corrected chi connectivity index (χ0v) is 11.4.